The minimum atomic E-state index is 0.330. The highest BCUT2D eigenvalue weighted by Gasteiger charge is 2.12. The van der Waals surface area contributed by atoms with E-state index in [1.165, 1.54) is 0 Å². The number of alkyl halides is 1. The summed E-state index contributed by atoms with van der Waals surface area (Å²) in [6.45, 7) is 3.84. The van der Waals surface area contributed by atoms with Crippen molar-refractivity contribution in [1.29, 1.82) is 0 Å². The molecule has 0 spiro atoms. The monoisotopic (exact) mass is 213 g/mol. The Bertz CT molecular complexity index is 317. The Morgan fingerprint density at radius 2 is 1.86 bits per heavy atom. The maximum absolute atomic E-state index is 5.71. The van der Waals surface area contributed by atoms with Gasteiger partial charge in [0.05, 0.1) is 32.2 Å². The van der Waals surface area contributed by atoms with Gasteiger partial charge in [0.15, 0.2) is 0 Å². The van der Waals surface area contributed by atoms with E-state index in [2.05, 4.69) is 11.6 Å². The van der Waals surface area contributed by atoms with Crippen molar-refractivity contribution < 1.29 is 9.47 Å². The SMILES string of the molecule is C=C(CCl)c1c(OC)cncc1OC. The Morgan fingerprint density at radius 1 is 1.36 bits per heavy atom. The summed E-state index contributed by atoms with van der Waals surface area (Å²) in [7, 11) is 3.14. The Hall–Kier alpha value is -1.22. The van der Waals surface area contributed by atoms with E-state index in [4.69, 9.17) is 21.1 Å². The van der Waals surface area contributed by atoms with Gasteiger partial charge in [-0.2, -0.15) is 0 Å². The molecule has 0 radical (unpaired) electrons. The highest BCUT2D eigenvalue weighted by Crippen LogP contribution is 2.33. The average Bonchev–Trinajstić information content (AvgIpc) is 2.26. The van der Waals surface area contributed by atoms with Gasteiger partial charge in [0.1, 0.15) is 11.5 Å². The molecule has 4 heteroatoms. The van der Waals surface area contributed by atoms with Crippen molar-refractivity contribution >= 4 is 17.2 Å². The molecule has 1 aromatic rings. The third kappa shape index (κ3) is 1.99. The highest BCUT2D eigenvalue weighted by atomic mass is 35.5. The fraction of sp³-hybridized carbons (Fsp3) is 0.300. The zero-order chi connectivity index (χ0) is 10.6. The van der Waals surface area contributed by atoms with E-state index < -0.39 is 0 Å². The maximum Gasteiger partial charge on any atom is 0.148 e. The lowest BCUT2D eigenvalue weighted by atomic mass is 10.1. The topological polar surface area (TPSA) is 31.4 Å². The Morgan fingerprint density at radius 3 is 2.21 bits per heavy atom. The van der Waals surface area contributed by atoms with Crippen LogP contribution in [0.1, 0.15) is 5.56 Å². The summed E-state index contributed by atoms with van der Waals surface area (Å²) in [5.41, 5.74) is 1.53. The third-order valence-corrected chi connectivity index (χ3v) is 2.15. The molecule has 0 N–H and O–H groups in total. The Labute approximate surface area is 88.3 Å². The molecule has 1 heterocycles. The van der Waals surface area contributed by atoms with Crippen LogP contribution < -0.4 is 9.47 Å². The molecule has 0 atom stereocenters. The number of hydrogen-bond acceptors (Lipinski definition) is 3. The first-order valence-corrected chi connectivity index (χ1v) is 4.58. The number of ether oxygens (including phenoxy) is 2. The smallest absolute Gasteiger partial charge is 0.148 e. The van der Waals surface area contributed by atoms with Crippen LogP contribution in [0.25, 0.3) is 5.57 Å². The van der Waals surface area contributed by atoms with Gasteiger partial charge in [-0.25, -0.2) is 0 Å². The normalized spacial score (nSPS) is 9.64. The number of pyridine rings is 1. The summed E-state index contributed by atoms with van der Waals surface area (Å²) in [4.78, 5) is 3.97. The number of aromatic nitrogens is 1. The summed E-state index contributed by atoms with van der Waals surface area (Å²) < 4.78 is 10.3. The largest absolute Gasteiger partial charge is 0.494 e. The summed E-state index contributed by atoms with van der Waals surface area (Å²) in [6.07, 6.45) is 3.21. The number of methoxy groups -OCH3 is 2. The lowest BCUT2D eigenvalue weighted by Crippen LogP contribution is -1.97. The van der Waals surface area contributed by atoms with E-state index in [1.807, 2.05) is 0 Å². The van der Waals surface area contributed by atoms with Gasteiger partial charge in [-0.3, -0.25) is 4.98 Å². The first-order valence-electron chi connectivity index (χ1n) is 4.04. The summed E-state index contributed by atoms with van der Waals surface area (Å²) in [5, 5.41) is 0. The van der Waals surface area contributed by atoms with Crippen LogP contribution in [0.5, 0.6) is 11.5 Å². The van der Waals surface area contributed by atoms with Crippen molar-refractivity contribution in [3.8, 4) is 11.5 Å². The number of nitrogens with zero attached hydrogens (tertiary/aromatic N) is 1. The first kappa shape index (κ1) is 10.9. The molecule has 14 heavy (non-hydrogen) atoms. The van der Waals surface area contributed by atoms with Crippen LogP contribution in [-0.2, 0) is 0 Å². The molecule has 3 nitrogen and oxygen atoms in total. The molecule has 76 valence electrons. The minimum Gasteiger partial charge on any atom is -0.494 e. The highest BCUT2D eigenvalue weighted by molar-refractivity contribution is 6.23. The predicted octanol–water partition coefficient (Wildman–Crippen LogP) is 2.35. The quantitative estimate of drug-likeness (QED) is 0.720. The van der Waals surface area contributed by atoms with Crippen LogP contribution in [0.4, 0.5) is 0 Å². The molecular formula is C10H12ClNO2. The van der Waals surface area contributed by atoms with Crippen LogP contribution in [0.3, 0.4) is 0 Å². The molecule has 0 unspecified atom stereocenters. The molecule has 0 bridgehead atoms. The summed E-state index contributed by atoms with van der Waals surface area (Å²) in [6, 6.07) is 0. The third-order valence-electron chi connectivity index (χ3n) is 1.83. The molecule has 0 saturated heterocycles. The van der Waals surface area contributed by atoms with Crippen LogP contribution in [0, 0.1) is 0 Å². The van der Waals surface area contributed by atoms with E-state index in [9.17, 15) is 0 Å². The van der Waals surface area contributed by atoms with Crippen LogP contribution in [-0.4, -0.2) is 25.1 Å². The molecule has 1 rings (SSSR count). The maximum atomic E-state index is 5.71. The van der Waals surface area contributed by atoms with Gasteiger partial charge in [-0.15, -0.1) is 11.6 Å². The molecule has 1 aromatic heterocycles. The zero-order valence-corrected chi connectivity index (χ0v) is 8.97. The molecule has 0 fully saturated rings. The molecule has 0 aliphatic heterocycles. The molecule has 0 aliphatic carbocycles. The predicted molar refractivity (Wildman–Crippen MR) is 57.1 cm³/mol. The van der Waals surface area contributed by atoms with Gasteiger partial charge in [-0.05, 0) is 5.57 Å². The van der Waals surface area contributed by atoms with E-state index in [0.717, 1.165) is 11.1 Å². The van der Waals surface area contributed by atoms with E-state index in [-0.39, 0.29) is 0 Å². The fourth-order valence-electron chi connectivity index (χ4n) is 1.15. The lowest BCUT2D eigenvalue weighted by Gasteiger charge is -2.12. The second kappa shape index (κ2) is 4.86. The Balaban J connectivity index is 3.25. The second-order valence-electron chi connectivity index (χ2n) is 2.66. The Kier molecular flexibility index (Phi) is 3.77. The first-order chi connectivity index (χ1) is 6.74. The molecular weight excluding hydrogens is 202 g/mol. The zero-order valence-electron chi connectivity index (χ0n) is 8.21. The lowest BCUT2D eigenvalue weighted by molar-refractivity contribution is 0.388. The molecule has 0 aliphatic rings. The summed E-state index contributed by atoms with van der Waals surface area (Å²) >= 11 is 5.71. The fourth-order valence-corrected chi connectivity index (χ4v) is 1.28. The van der Waals surface area contributed by atoms with Crippen molar-refractivity contribution in [3.63, 3.8) is 0 Å². The van der Waals surface area contributed by atoms with Crippen molar-refractivity contribution in [3.05, 3.63) is 24.5 Å². The van der Waals surface area contributed by atoms with Gasteiger partial charge in [0.25, 0.3) is 0 Å². The standard InChI is InChI=1S/C10H12ClNO2/c1-7(4-11)10-8(13-2)5-12-6-9(10)14-3/h5-6H,1,4H2,2-3H3. The van der Waals surface area contributed by atoms with E-state index in [1.54, 1.807) is 26.6 Å². The summed E-state index contributed by atoms with van der Waals surface area (Å²) in [5.74, 6) is 1.57. The number of allylic oxidation sites excluding steroid dienone is 1. The van der Waals surface area contributed by atoms with Crippen LogP contribution in [0.15, 0.2) is 19.0 Å². The van der Waals surface area contributed by atoms with Gasteiger partial charge in [0.2, 0.25) is 0 Å². The molecule has 0 aromatic carbocycles. The minimum absolute atomic E-state index is 0.330. The van der Waals surface area contributed by atoms with Gasteiger partial charge < -0.3 is 9.47 Å². The second-order valence-corrected chi connectivity index (χ2v) is 2.92. The van der Waals surface area contributed by atoms with Crippen molar-refractivity contribution in [2.45, 2.75) is 0 Å². The number of rotatable bonds is 4. The van der Waals surface area contributed by atoms with E-state index in [0.29, 0.717) is 17.4 Å². The molecule has 0 saturated carbocycles. The van der Waals surface area contributed by atoms with Crippen molar-refractivity contribution in [2.24, 2.45) is 0 Å². The van der Waals surface area contributed by atoms with Crippen molar-refractivity contribution in [1.82, 2.24) is 4.98 Å². The van der Waals surface area contributed by atoms with Gasteiger partial charge in [-0.1, -0.05) is 6.58 Å². The number of hydrogen-bond donors (Lipinski definition) is 0. The van der Waals surface area contributed by atoms with Crippen LogP contribution >= 0.6 is 11.6 Å². The van der Waals surface area contributed by atoms with Gasteiger partial charge in [0, 0.05) is 5.88 Å². The van der Waals surface area contributed by atoms with E-state index >= 15 is 0 Å². The molecule has 0 amide bonds. The van der Waals surface area contributed by atoms with Crippen molar-refractivity contribution in [2.75, 3.05) is 20.1 Å². The van der Waals surface area contributed by atoms with Gasteiger partial charge >= 0.3 is 0 Å². The number of halogens is 1. The van der Waals surface area contributed by atoms with Crippen LogP contribution in [0.2, 0.25) is 0 Å². The average molecular weight is 214 g/mol.